The quantitative estimate of drug-likeness (QED) is 0.685. The molecular formula is C12H12ClNO6. The number of rotatable bonds is 7. The van der Waals surface area contributed by atoms with E-state index in [1.807, 2.05) is 0 Å². The smallest absolute Gasteiger partial charge is 0.326 e. The van der Waals surface area contributed by atoms with Crippen LogP contribution in [-0.4, -0.2) is 40.7 Å². The molecule has 0 radical (unpaired) electrons. The Morgan fingerprint density at radius 2 is 1.80 bits per heavy atom. The number of carbonyl (C=O) groups excluding carboxylic acids is 1. The van der Waals surface area contributed by atoms with Crippen LogP contribution in [-0.2, 0) is 14.4 Å². The maximum atomic E-state index is 11.5. The summed E-state index contributed by atoms with van der Waals surface area (Å²) >= 11 is 5.67. The Hall–Kier alpha value is -2.28. The molecule has 0 aliphatic rings. The van der Waals surface area contributed by atoms with Crippen molar-refractivity contribution in [1.82, 2.24) is 5.32 Å². The molecule has 7 nitrogen and oxygen atoms in total. The molecule has 0 aliphatic heterocycles. The summed E-state index contributed by atoms with van der Waals surface area (Å²) in [5.74, 6) is -3.09. The fourth-order valence-electron chi connectivity index (χ4n) is 1.29. The van der Waals surface area contributed by atoms with Crippen molar-refractivity contribution in [3.63, 3.8) is 0 Å². The Labute approximate surface area is 119 Å². The molecule has 1 amide bonds. The van der Waals surface area contributed by atoms with Crippen LogP contribution < -0.4 is 10.1 Å². The monoisotopic (exact) mass is 301 g/mol. The van der Waals surface area contributed by atoms with Crippen LogP contribution in [0.3, 0.4) is 0 Å². The van der Waals surface area contributed by atoms with Crippen LogP contribution in [0.2, 0.25) is 5.02 Å². The predicted molar refractivity (Wildman–Crippen MR) is 68.8 cm³/mol. The topological polar surface area (TPSA) is 113 Å². The standard InChI is InChI=1S/C12H12ClNO6/c13-7-1-3-8(4-2-7)20-6-10(15)14-9(12(18)19)5-11(16)17/h1-4,9H,5-6H2,(H,14,15)(H,16,17)(H,18,19)/t9-/m0/s1. The van der Waals surface area contributed by atoms with Crippen molar-refractivity contribution >= 4 is 29.4 Å². The van der Waals surface area contributed by atoms with Gasteiger partial charge in [-0.3, -0.25) is 9.59 Å². The number of amides is 1. The van der Waals surface area contributed by atoms with Crippen LogP contribution >= 0.6 is 11.6 Å². The van der Waals surface area contributed by atoms with Gasteiger partial charge in [-0.2, -0.15) is 0 Å². The van der Waals surface area contributed by atoms with Gasteiger partial charge in [-0.15, -0.1) is 0 Å². The van der Waals surface area contributed by atoms with Gasteiger partial charge >= 0.3 is 11.9 Å². The zero-order valence-corrected chi connectivity index (χ0v) is 11.0. The third kappa shape index (κ3) is 5.57. The number of hydrogen-bond donors (Lipinski definition) is 3. The average molecular weight is 302 g/mol. The van der Waals surface area contributed by atoms with Crippen LogP contribution in [0.15, 0.2) is 24.3 Å². The van der Waals surface area contributed by atoms with Gasteiger partial charge in [0.05, 0.1) is 6.42 Å². The van der Waals surface area contributed by atoms with Crippen LogP contribution in [0.1, 0.15) is 6.42 Å². The number of benzene rings is 1. The predicted octanol–water partition coefficient (Wildman–Crippen LogP) is 0.763. The minimum absolute atomic E-state index is 0.384. The van der Waals surface area contributed by atoms with Gasteiger partial charge in [0.25, 0.3) is 5.91 Å². The molecule has 20 heavy (non-hydrogen) atoms. The summed E-state index contributed by atoms with van der Waals surface area (Å²) in [5.41, 5.74) is 0. The van der Waals surface area contributed by atoms with Crippen molar-refractivity contribution in [2.24, 2.45) is 0 Å². The number of carbonyl (C=O) groups is 3. The lowest BCUT2D eigenvalue weighted by atomic mass is 10.2. The number of hydrogen-bond acceptors (Lipinski definition) is 4. The van der Waals surface area contributed by atoms with Crippen molar-refractivity contribution in [1.29, 1.82) is 0 Å². The molecule has 0 saturated carbocycles. The zero-order chi connectivity index (χ0) is 15.1. The Morgan fingerprint density at radius 1 is 1.20 bits per heavy atom. The van der Waals surface area contributed by atoms with E-state index in [0.717, 1.165) is 0 Å². The first kappa shape index (κ1) is 15.8. The molecule has 0 bridgehead atoms. The van der Waals surface area contributed by atoms with E-state index in [1.54, 1.807) is 24.3 Å². The Kier molecular flexibility index (Phi) is 5.79. The van der Waals surface area contributed by atoms with Crippen molar-refractivity contribution < 1.29 is 29.3 Å². The summed E-state index contributed by atoms with van der Waals surface area (Å²) < 4.78 is 5.10. The first-order valence-electron chi connectivity index (χ1n) is 5.51. The summed E-state index contributed by atoms with van der Waals surface area (Å²) in [7, 11) is 0. The van der Waals surface area contributed by atoms with E-state index in [1.165, 1.54) is 0 Å². The van der Waals surface area contributed by atoms with Crippen molar-refractivity contribution in [2.75, 3.05) is 6.61 Å². The van der Waals surface area contributed by atoms with E-state index < -0.39 is 36.9 Å². The molecule has 1 atom stereocenters. The summed E-state index contributed by atoms with van der Waals surface area (Å²) in [6.07, 6.45) is -0.706. The molecular weight excluding hydrogens is 290 g/mol. The first-order valence-corrected chi connectivity index (χ1v) is 5.88. The summed E-state index contributed by atoms with van der Waals surface area (Å²) in [5, 5.41) is 19.8. The van der Waals surface area contributed by atoms with E-state index in [4.69, 9.17) is 26.6 Å². The Bertz CT molecular complexity index is 501. The molecule has 0 aliphatic carbocycles. The highest BCUT2D eigenvalue weighted by molar-refractivity contribution is 6.30. The van der Waals surface area contributed by atoms with Crippen LogP contribution in [0.4, 0.5) is 0 Å². The van der Waals surface area contributed by atoms with E-state index in [2.05, 4.69) is 5.32 Å². The van der Waals surface area contributed by atoms with Crippen LogP contribution in [0.25, 0.3) is 0 Å². The molecule has 0 fully saturated rings. The minimum atomic E-state index is -1.49. The van der Waals surface area contributed by atoms with Gasteiger partial charge in [0.2, 0.25) is 0 Å². The minimum Gasteiger partial charge on any atom is -0.484 e. The van der Waals surface area contributed by atoms with Crippen molar-refractivity contribution in [3.8, 4) is 5.75 Å². The van der Waals surface area contributed by atoms with E-state index >= 15 is 0 Å². The number of carboxylic acid groups (broad SMARTS) is 2. The molecule has 3 N–H and O–H groups in total. The average Bonchev–Trinajstić information content (AvgIpc) is 2.36. The molecule has 108 valence electrons. The summed E-state index contributed by atoms with van der Waals surface area (Å²) in [4.78, 5) is 32.7. The SMILES string of the molecule is O=C(O)C[C@H](NC(=O)COc1ccc(Cl)cc1)C(=O)O. The second kappa shape index (κ2) is 7.34. The molecule has 0 aromatic heterocycles. The molecule has 0 heterocycles. The fourth-order valence-corrected chi connectivity index (χ4v) is 1.42. The van der Waals surface area contributed by atoms with Gasteiger partial charge in [0.1, 0.15) is 11.8 Å². The second-order valence-corrected chi connectivity index (χ2v) is 4.24. The lowest BCUT2D eigenvalue weighted by Crippen LogP contribution is -2.44. The van der Waals surface area contributed by atoms with Crippen molar-refractivity contribution in [2.45, 2.75) is 12.5 Å². The number of halogens is 1. The maximum Gasteiger partial charge on any atom is 0.326 e. The van der Waals surface area contributed by atoms with Gasteiger partial charge in [0, 0.05) is 5.02 Å². The lowest BCUT2D eigenvalue weighted by Gasteiger charge is -2.12. The zero-order valence-electron chi connectivity index (χ0n) is 10.2. The van der Waals surface area contributed by atoms with Crippen molar-refractivity contribution in [3.05, 3.63) is 29.3 Å². The molecule has 0 spiro atoms. The number of nitrogens with one attached hydrogen (secondary N) is 1. The number of aliphatic carboxylic acids is 2. The van der Waals surface area contributed by atoms with E-state index in [-0.39, 0.29) is 0 Å². The second-order valence-electron chi connectivity index (χ2n) is 3.80. The maximum absolute atomic E-state index is 11.5. The molecule has 1 aromatic carbocycles. The van der Waals surface area contributed by atoms with E-state index in [0.29, 0.717) is 10.8 Å². The lowest BCUT2D eigenvalue weighted by molar-refractivity contribution is -0.147. The van der Waals surface area contributed by atoms with Gasteiger partial charge < -0.3 is 20.3 Å². The first-order chi connectivity index (χ1) is 9.38. The summed E-state index contributed by atoms with van der Waals surface area (Å²) in [6.45, 7) is -0.426. The Morgan fingerprint density at radius 3 is 2.30 bits per heavy atom. The molecule has 8 heteroatoms. The van der Waals surface area contributed by atoms with Gasteiger partial charge in [0.15, 0.2) is 6.61 Å². The largest absolute Gasteiger partial charge is 0.484 e. The van der Waals surface area contributed by atoms with Crippen LogP contribution in [0, 0.1) is 0 Å². The molecule has 0 saturated heterocycles. The highest BCUT2D eigenvalue weighted by Crippen LogP contribution is 2.15. The molecule has 0 unspecified atom stereocenters. The third-order valence-electron chi connectivity index (χ3n) is 2.20. The highest BCUT2D eigenvalue weighted by atomic mass is 35.5. The Balaban J connectivity index is 2.47. The van der Waals surface area contributed by atoms with Gasteiger partial charge in [-0.1, -0.05) is 11.6 Å². The molecule has 1 rings (SSSR count). The van der Waals surface area contributed by atoms with Crippen LogP contribution in [0.5, 0.6) is 5.75 Å². The number of carboxylic acids is 2. The normalized spacial score (nSPS) is 11.4. The third-order valence-corrected chi connectivity index (χ3v) is 2.45. The highest BCUT2D eigenvalue weighted by Gasteiger charge is 2.23. The van der Waals surface area contributed by atoms with E-state index in [9.17, 15) is 14.4 Å². The van der Waals surface area contributed by atoms with Gasteiger partial charge in [-0.05, 0) is 24.3 Å². The molecule has 1 aromatic rings. The summed E-state index contributed by atoms with van der Waals surface area (Å²) in [6, 6.07) is 4.73. The number of ether oxygens (including phenoxy) is 1. The van der Waals surface area contributed by atoms with Gasteiger partial charge in [-0.25, -0.2) is 4.79 Å². The fraction of sp³-hybridized carbons (Fsp3) is 0.250.